The number of nitrogens with one attached hydrogen (secondary N) is 1. The average Bonchev–Trinajstić information content (AvgIpc) is 3.02. The molecule has 7 heteroatoms. The zero-order chi connectivity index (χ0) is 20.8. The molecule has 0 saturated carbocycles. The van der Waals surface area contributed by atoms with Crippen molar-refractivity contribution in [2.24, 2.45) is 4.99 Å². The molecule has 162 valence electrons. The van der Waals surface area contributed by atoms with Crippen LogP contribution in [0.1, 0.15) is 55.9 Å². The van der Waals surface area contributed by atoms with E-state index in [4.69, 9.17) is 0 Å². The summed E-state index contributed by atoms with van der Waals surface area (Å²) in [6.45, 7) is 8.08. The third-order valence-corrected chi connectivity index (χ3v) is 6.43. The number of nitrogens with zero attached hydrogens (tertiary/aromatic N) is 6. The number of fused-ring (bicyclic) bond motifs is 1. The lowest BCUT2D eigenvalue weighted by Gasteiger charge is -2.40. The standard InChI is InChI=1S/C23H35N7/c1-3-20(19-10-6-4-7-11-19)28-14-16-29(17-15-28)23(24-2)25-18-22-27-26-21-12-8-5-9-13-30(21)22/h4,6-7,10-11,20H,3,5,8-9,12-18H2,1-2H3,(H,24,25). The second-order valence-electron chi connectivity index (χ2n) is 8.25. The van der Waals surface area contributed by atoms with Gasteiger partial charge in [-0.15, -0.1) is 10.2 Å². The summed E-state index contributed by atoms with van der Waals surface area (Å²) in [4.78, 5) is 9.52. The van der Waals surface area contributed by atoms with Crippen molar-refractivity contribution in [1.29, 1.82) is 0 Å². The molecule has 2 aliphatic rings. The number of hydrogen-bond donors (Lipinski definition) is 1. The van der Waals surface area contributed by atoms with Gasteiger partial charge in [0.05, 0.1) is 6.54 Å². The number of guanidine groups is 1. The Hall–Kier alpha value is -2.41. The van der Waals surface area contributed by atoms with Gasteiger partial charge in [0, 0.05) is 52.2 Å². The van der Waals surface area contributed by atoms with E-state index < -0.39 is 0 Å². The second-order valence-corrected chi connectivity index (χ2v) is 8.25. The summed E-state index contributed by atoms with van der Waals surface area (Å²) in [6, 6.07) is 11.4. The molecule has 2 aliphatic heterocycles. The number of aromatic nitrogens is 3. The SMILES string of the molecule is CCC(c1ccccc1)N1CCN(C(=NC)NCc2nnc3n2CCCCC3)CC1. The van der Waals surface area contributed by atoms with E-state index in [1.54, 1.807) is 0 Å². The van der Waals surface area contributed by atoms with Crippen LogP contribution in [-0.4, -0.2) is 63.8 Å². The van der Waals surface area contributed by atoms with Gasteiger partial charge in [-0.05, 0) is 24.8 Å². The van der Waals surface area contributed by atoms with Gasteiger partial charge in [-0.2, -0.15) is 0 Å². The van der Waals surface area contributed by atoms with E-state index in [-0.39, 0.29) is 0 Å². The lowest BCUT2D eigenvalue weighted by molar-refractivity contribution is 0.127. The van der Waals surface area contributed by atoms with E-state index in [2.05, 4.69) is 72.1 Å². The molecule has 1 unspecified atom stereocenters. The first-order chi connectivity index (χ1) is 14.8. The normalized spacial score (nSPS) is 19.3. The van der Waals surface area contributed by atoms with Gasteiger partial charge in [0.2, 0.25) is 0 Å². The second kappa shape index (κ2) is 10.1. The molecule has 0 amide bonds. The van der Waals surface area contributed by atoms with Crippen molar-refractivity contribution in [1.82, 2.24) is 29.9 Å². The van der Waals surface area contributed by atoms with Crippen molar-refractivity contribution in [3.05, 3.63) is 47.5 Å². The summed E-state index contributed by atoms with van der Waals surface area (Å²) >= 11 is 0. The van der Waals surface area contributed by atoms with Crippen LogP contribution in [0, 0.1) is 0 Å². The highest BCUT2D eigenvalue weighted by atomic mass is 15.4. The van der Waals surface area contributed by atoms with Crippen LogP contribution in [-0.2, 0) is 19.5 Å². The Labute approximate surface area is 180 Å². The third kappa shape index (κ3) is 4.67. The van der Waals surface area contributed by atoms with Gasteiger partial charge in [0.15, 0.2) is 11.8 Å². The van der Waals surface area contributed by atoms with Gasteiger partial charge in [-0.25, -0.2) is 0 Å². The molecular weight excluding hydrogens is 374 g/mol. The maximum Gasteiger partial charge on any atom is 0.194 e. The highest BCUT2D eigenvalue weighted by Crippen LogP contribution is 2.25. The molecule has 1 fully saturated rings. The Morgan fingerprint density at radius 3 is 2.57 bits per heavy atom. The van der Waals surface area contributed by atoms with Crippen LogP contribution in [0.5, 0.6) is 0 Å². The Kier molecular flexibility index (Phi) is 7.00. The summed E-state index contributed by atoms with van der Waals surface area (Å²) in [6.07, 6.45) is 5.90. The lowest BCUT2D eigenvalue weighted by atomic mass is 10.0. The average molecular weight is 410 g/mol. The quantitative estimate of drug-likeness (QED) is 0.608. The van der Waals surface area contributed by atoms with Crippen molar-refractivity contribution in [2.75, 3.05) is 33.2 Å². The zero-order valence-electron chi connectivity index (χ0n) is 18.4. The largest absolute Gasteiger partial charge is 0.349 e. The molecule has 0 spiro atoms. The molecular formula is C23H35N7. The Balaban J connectivity index is 1.33. The first-order valence-corrected chi connectivity index (χ1v) is 11.5. The van der Waals surface area contributed by atoms with Crippen molar-refractivity contribution < 1.29 is 0 Å². The van der Waals surface area contributed by atoms with Crippen LogP contribution in [0.3, 0.4) is 0 Å². The fraction of sp³-hybridized carbons (Fsp3) is 0.609. The van der Waals surface area contributed by atoms with Crippen LogP contribution in [0.2, 0.25) is 0 Å². The Bertz CT molecular complexity index is 821. The molecule has 1 N–H and O–H groups in total. The molecule has 0 radical (unpaired) electrons. The van der Waals surface area contributed by atoms with E-state index in [1.807, 2.05) is 7.05 Å². The number of aryl methyl sites for hydroxylation is 1. The van der Waals surface area contributed by atoms with Crippen LogP contribution in [0.25, 0.3) is 0 Å². The summed E-state index contributed by atoms with van der Waals surface area (Å²) in [5, 5.41) is 12.4. The molecule has 1 aromatic carbocycles. The number of rotatable bonds is 5. The Morgan fingerprint density at radius 2 is 1.83 bits per heavy atom. The van der Waals surface area contributed by atoms with Crippen LogP contribution in [0.15, 0.2) is 35.3 Å². The minimum atomic E-state index is 0.495. The number of benzene rings is 1. The molecule has 3 heterocycles. The number of hydrogen-bond acceptors (Lipinski definition) is 4. The van der Waals surface area contributed by atoms with E-state index in [0.717, 1.165) is 63.2 Å². The molecule has 0 aliphatic carbocycles. The van der Waals surface area contributed by atoms with Crippen LogP contribution >= 0.6 is 0 Å². The fourth-order valence-corrected chi connectivity index (χ4v) is 4.79. The molecule has 1 saturated heterocycles. The molecule has 2 aromatic rings. The van der Waals surface area contributed by atoms with E-state index in [0.29, 0.717) is 12.6 Å². The smallest absolute Gasteiger partial charge is 0.194 e. The van der Waals surface area contributed by atoms with Crippen molar-refractivity contribution in [3.63, 3.8) is 0 Å². The monoisotopic (exact) mass is 409 g/mol. The zero-order valence-corrected chi connectivity index (χ0v) is 18.4. The summed E-state index contributed by atoms with van der Waals surface area (Å²) in [5.41, 5.74) is 1.42. The van der Waals surface area contributed by atoms with Crippen molar-refractivity contribution in [3.8, 4) is 0 Å². The minimum Gasteiger partial charge on any atom is -0.349 e. The summed E-state index contributed by atoms with van der Waals surface area (Å²) in [7, 11) is 1.87. The van der Waals surface area contributed by atoms with E-state index >= 15 is 0 Å². The predicted molar refractivity (Wildman–Crippen MR) is 120 cm³/mol. The third-order valence-electron chi connectivity index (χ3n) is 6.43. The maximum absolute atomic E-state index is 4.55. The van der Waals surface area contributed by atoms with Gasteiger partial charge in [0.25, 0.3) is 0 Å². The predicted octanol–water partition coefficient (Wildman–Crippen LogP) is 2.85. The first kappa shape index (κ1) is 20.8. The topological polar surface area (TPSA) is 61.6 Å². The maximum atomic E-state index is 4.55. The van der Waals surface area contributed by atoms with Crippen LogP contribution in [0.4, 0.5) is 0 Å². The lowest BCUT2D eigenvalue weighted by Crippen LogP contribution is -2.53. The molecule has 1 aromatic heterocycles. The van der Waals surface area contributed by atoms with E-state index in [9.17, 15) is 0 Å². The van der Waals surface area contributed by atoms with Gasteiger partial charge < -0.3 is 14.8 Å². The molecule has 30 heavy (non-hydrogen) atoms. The minimum absolute atomic E-state index is 0.495. The van der Waals surface area contributed by atoms with Gasteiger partial charge in [0.1, 0.15) is 5.82 Å². The first-order valence-electron chi connectivity index (χ1n) is 11.5. The molecule has 7 nitrogen and oxygen atoms in total. The summed E-state index contributed by atoms with van der Waals surface area (Å²) < 4.78 is 2.30. The highest BCUT2D eigenvalue weighted by Gasteiger charge is 2.25. The van der Waals surface area contributed by atoms with Crippen LogP contribution < -0.4 is 5.32 Å². The van der Waals surface area contributed by atoms with Crippen molar-refractivity contribution >= 4 is 5.96 Å². The number of aliphatic imine (C=N–C) groups is 1. The number of piperazine rings is 1. The molecule has 1 atom stereocenters. The summed E-state index contributed by atoms with van der Waals surface area (Å²) in [5.74, 6) is 3.13. The van der Waals surface area contributed by atoms with E-state index in [1.165, 1.54) is 24.8 Å². The van der Waals surface area contributed by atoms with Gasteiger partial charge in [-0.3, -0.25) is 9.89 Å². The molecule has 4 rings (SSSR count). The van der Waals surface area contributed by atoms with Crippen molar-refractivity contribution in [2.45, 2.75) is 58.2 Å². The Morgan fingerprint density at radius 1 is 1.03 bits per heavy atom. The molecule has 0 bridgehead atoms. The highest BCUT2D eigenvalue weighted by molar-refractivity contribution is 5.79. The fourth-order valence-electron chi connectivity index (χ4n) is 4.79. The van der Waals surface area contributed by atoms with Gasteiger partial charge >= 0.3 is 0 Å². The van der Waals surface area contributed by atoms with Gasteiger partial charge in [-0.1, -0.05) is 43.7 Å².